The molecule has 1 fully saturated rings. The van der Waals surface area contributed by atoms with Crippen molar-refractivity contribution in [2.45, 2.75) is 18.0 Å². The van der Waals surface area contributed by atoms with Crippen molar-refractivity contribution in [2.75, 3.05) is 28.7 Å². The van der Waals surface area contributed by atoms with Crippen molar-refractivity contribution in [3.05, 3.63) is 90.2 Å². The van der Waals surface area contributed by atoms with E-state index in [1.165, 1.54) is 17.0 Å². The molecule has 5 rings (SSSR count). The SMILES string of the molecule is O=C(Nc1ccccc1F)N1C[C@H]2[C@@H](c3ccccc31)[C@@H](CO)N2C(=O)Nc1ccccc1. The minimum absolute atomic E-state index is 0.0858. The molecule has 7 nitrogen and oxygen atoms in total. The number of para-hydroxylation sites is 3. The number of carbonyl (C=O) groups is 2. The Bertz CT molecular complexity index is 1190. The van der Waals surface area contributed by atoms with Crippen LogP contribution < -0.4 is 15.5 Å². The predicted molar refractivity (Wildman–Crippen MR) is 124 cm³/mol. The summed E-state index contributed by atoms with van der Waals surface area (Å²) in [6, 6.07) is 20.9. The largest absolute Gasteiger partial charge is 0.394 e. The molecule has 3 atom stereocenters. The van der Waals surface area contributed by atoms with Crippen LogP contribution in [0.5, 0.6) is 0 Å². The topological polar surface area (TPSA) is 84.9 Å². The van der Waals surface area contributed by atoms with Gasteiger partial charge in [0.2, 0.25) is 0 Å². The second-order valence-corrected chi connectivity index (χ2v) is 8.13. The van der Waals surface area contributed by atoms with Crippen molar-refractivity contribution < 1.29 is 19.1 Å². The van der Waals surface area contributed by atoms with E-state index in [1.807, 2.05) is 42.5 Å². The van der Waals surface area contributed by atoms with Crippen LogP contribution in [0.25, 0.3) is 0 Å². The number of rotatable bonds is 3. The standard InChI is InChI=1S/C25H23FN4O3/c26-18-11-5-6-12-19(18)28-24(32)29-14-21-23(17-10-4-7-13-20(17)29)22(15-31)30(21)25(33)27-16-8-2-1-3-9-16/h1-13,21-23,31H,14-15H2,(H,27,33)(H,28,32)/t21-,22+,23+/m0/s1. The summed E-state index contributed by atoms with van der Waals surface area (Å²) in [4.78, 5) is 29.4. The number of anilines is 3. The van der Waals surface area contributed by atoms with Crippen LogP contribution in [0.15, 0.2) is 78.9 Å². The second-order valence-electron chi connectivity index (χ2n) is 8.13. The summed E-state index contributed by atoms with van der Waals surface area (Å²) in [6.45, 7) is 0.0276. The van der Waals surface area contributed by atoms with E-state index in [9.17, 15) is 19.1 Å². The van der Waals surface area contributed by atoms with Gasteiger partial charge in [-0.15, -0.1) is 0 Å². The molecule has 0 unspecified atom stereocenters. The van der Waals surface area contributed by atoms with E-state index in [-0.39, 0.29) is 36.8 Å². The molecule has 2 heterocycles. The molecule has 2 aliphatic rings. The number of nitrogens with one attached hydrogen (secondary N) is 2. The fourth-order valence-electron chi connectivity index (χ4n) is 4.81. The first-order valence-corrected chi connectivity index (χ1v) is 10.8. The summed E-state index contributed by atoms with van der Waals surface area (Å²) in [5.41, 5.74) is 2.30. The van der Waals surface area contributed by atoms with Gasteiger partial charge >= 0.3 is 12.1 Å². The third-order valence-corrected chi connectivity index (χ3v) is 6.31. The molecule has 1 saturated heterocycles. The van der Waals surface area contributed by atoms with Gasteiger partial charge in [-0.1, -0.05) is 48.5 Å². The zero-order valence-electron chi connectivity index (χ0n) is 17.7. The van der Waals surface area contributed by atoms with Crippen molar-refractivity contribution in [3.8, 4) is 0 Å². The maximum Gasteiger partial charge on any atom is 0.326 e. The first kappa shape index (κ1) is 21.0. The van der Waals surface area contributed by atoms with Gasteiger partial charge < -0.3 is 20.6 Å². The summed E-state index contributed by atoms with van der Waals surface area (Å²) < 4.78 is 14.1. The Morgan fingerprint density at radius 3 is 2.36 bits per heavy atom. The number of hydrogen-bond donors (Lipinski definition) is 3. The normalized spacial score (nSPS) is 20.8. The van der Waals surface area contributed by atoms with E-state index < -0.39 is 17.9 Å². The van der Waals surface area contributed by atoms with Crippen molar-refractivity contribution in [1.29, 1.82) is 0 Å². The van der Waals surface area contributed by atoms with E-state index in [4.69, 9.17) is 0 Å². The summed E-state index contributed by atoms with van der Waals surface area (Å²) in [6.07, 6.45) is 0. The maximum absolute atomic E-state index is 14.1. The average Bonchev–Trinajstić information content (AvgIpc) is 2.81. The summed E-state index contributed by atoms with van der Waals surface area (Å²) in [5.74, 6) is -0.632. The number of nitrogens with zero attached hydrogens (tertiary/aromatic N) is 2. The van der Waals surface area contributed by atoms with Gasteiger partial charge in [0, 0.05) is 23.8 Å². The lowest BCUT2D eigenvalue weighted by Gasteiger charge is -2.58. The third kappa shape index (κ3) is 3.68. The molecule has 8 heteroatoms. The number of halogens is 1. The van der Waals surface area contributed by atoms with Crippen molar-refractivity contribution in [1.82, 2.24) is 4.90 Å². The Morgan fingerprint density at radius 2 is 1.61 bits per heavy atom. The van der Waals surface area contributed by atoms with Crippen LogP contribution in [0.3, 0.4) is 0 Å². The Morgan fingerprint density at radius 1 is 0.909 bits per heavy atom. The van der Waals surface area contributed by atoms with Gasteiger partial charge in [-0.3, -0.25) is 4.90 Å². The molecule has 2 aliphatic heterocycles. The molecule has 0 bridgehead atoms. The van der Waals surface area contributed by atoms with Gasteiger partial charge in [-0.25, -0.2) is 14.0 Å². The molecule has 3 aromatic carbocycles. The minimum atomic E-state index is -0.526. The monoisotopic (exact) mass is 446 g/mol. The lowest BCUT2D eigenvalue weighted by molar-refractivity contribution is -0.00181. The molecule has 3 N–H and O–H groups in total. The van der Waals surface area contributed by atoms with Crippen LogP contribution in [0.1, 0.15) is 11.5 Å². The lowest BCUT2D eigenvalue weighted by Crippen LogP contribution is -2.71. The van der Waals surface area contributed by atoms with E-state index in [0.717, 1.165) is 5.56 Å². The van der Waals surface area contributed by atoms with Gasteiger partial charge in [0.25, 0.3) is 0 Å². The van der Waals surface area contributed by atoms with E-state index in [0.29, 0.717) is 11.4 Å². The number of likely N-dealkylation sites (tertiary alicyclic amines) is 1. The van der Waals surface area contributed by atoms with Crippen molar-refractivity contribution in [3.63, 3.8) is 0 Å². The molecule has 3 aromatic rings. The second kappa shape index (κ2) is 8.55. The van der Waals surface area contributed by atoms with Crippen LogP contribution >= 0.6 is 0 Å². The van der Waals surface area contributed by atoms with Gasteiger partial charge in [0.15, 0.2) is 0 Å². The smallest absolute Gasteiger partial charge is 0.326 e. The van der Waals surface area contributed by atoms with Crippen LogP contribution in [-0.4, -0.2) is 47.3 Å². The number of fused-ring (bicyclic) bond motifs is 3. The van der Waals surface area contributed by atoms with Gasteiger partial charge in [-0.2, -0.15) is 0 Å². The molecule has 0 aromatic heterocycles. The fraction of sp³-hybridized carbons (Fsp3) is 0.200. The summed E-state index contributed by atoms with van der Waals surface area (Å²) in [7, 11) is 0. The van der Waals surface area contributed by atoms with E-state index >= 15 is 0 Å². The number of carbonyl (C=O) groups excluding carboxylic acids is 2. The van der Waals surface area contributed by atoms with E-state index in [1.54, 1.807) is 29.2 Å². The molecule has 4 amide bonds. The third-order valence-electron chi connectivity index (χ3n) is 6.31. The summed E-state index contributed by atoms with van der Waals surface area (Å²) >= 11 is 0. The zero-order chi connectivity index (χ0) is 22.9. The highest BCUT2D eigenvalue weighted by Gasteiger charge is 2.55. The first-order valence-electron chi connectivity index (χ1n) is 10.8. The number of aliphatic hydroxyl groups excluding tert-OH is 1. The molecule has 0 saturated carbocycles. The Balaban J connectivity index is 1.43. The zero-order valence-corrected chi connectivity index (χ0v) is 17.7. The predicted octanol–water partition coefficient (Wildman–Crippen LogP) is 4.24. The number of urea groups is 2. The van der Waals surface area contributed by atoms with Crippen LogP contribution in [-0.2, 0) is 0 Å². The highest BCUT2D eigenvalue weighted by Crippen LogP contribution is 2.48. The molecule has 0 aliphatic carbocycles. The van der Waals surface area contributed by atoms with Crippen molar-refractivity contribution in [2.24, 2.45) is 0 Å². The van der Waals surface area contributed by atoms with Crippen molar-refractivity contribution >= 4 is 29.1 Å². The maximum atomic E-state index is 14.1. The molecule has 168 valence electrons. The van der Waals surface area contributed by atoms with E-state index in [2.05, 4.69) is 10.6 Å². The number of amides is 4. The molecule has 0 radical (unpaired) electrons. The highest BCUT2D eigenvalue weighted by molar-refractivity contribution is 6.03. The first-order chi connectivity index (χ1) is 16.1. The van der Waals surface area contributed by atoms with Gasteiger partial charge in [-0.05, 0) is 35.9 Å². The molecule has 0 spiro atoms. The minimum Gasteiger partial charge on any atom is -0.394 e. The van der Waals surface area contributed by atoms with Gasteiger partial charge in [0.1, 0.15) is 5.82 Å². The molecule has 33 heavy (non-hydrogen) atoms. The Labute approximate surface area is 190 Å². The lowest BCUT2D eigenvalue weighted by atomic mass is 9.72. The van der Waals surface area contributed by atoms with Crippen LogP contribution in [0, 0.1) is 5.82 Å². The fourth-order valence-corrected chi connectivity index (χ4v) is 4.81. The molecular weight excluding hydrogens is 423 g/mol. The Kier molecular flexibility index (Phi) is 5.43. The Hall–Kier alpha value is -3.91. The van der Waals surface area contributed by atoms with Crippen LogP contribution in [0.2, 0.25) is 0 Å². The number of hydrogen-bond acceptors (Lipinski definition) is 3. The quantitative estimate of drug-likeness (QED) is 0.563. The number of benzene rings is 3. The highest BCUT2D eigenvalue weighted by atomic mass is 19.1. The van der Waals surface area contributed by atoms with Crippen LogP contribution in [0.4, 0.5) is 31.0 Å². The average molecular weight is 446 g/mol. The molecular formula is C25H23FN4O3. The van der Waals surface area contributed by atoms with Gasteiger partial charge in [0.05, 0.1) is 24.4 Å². The number of aliphatic hydroxyl groups is 1. The summed E-state index contributed by atoms with van der Waals surface area (Å²) in [5, 5.41) is 15.6.